The zero-order valence-corrected chi connectivity index (χ0v) is 16.5. The largest absolute Gasteiger partial charge is 0.467 e. The minimum atomic E-state index is -0.267. The zero-order valence-electron chi connectivity index (χ0n) is 14.2. The summed E-state index contributed by atoms with van der Waals surface area (Å²) in [5, 5.41) is 5.74. The fraction of sp³-hybridized carbons (Fsp3) is 0.294. The number of halogens is 2. The summed E-state index contributed by atoms with van der Waals surface area (Å²) >= 11 is 0. The highest BCUT2D eigenvalue weighted by molar-refractivity contribution is 14.0. The Labute approximate surface area is 163 Å². The van der Waals surface area contributed by atoms with Gasteiger partial charge in [-0.15, -0.1) is 24.0 Å². The maximum Gasteiger partial charge on any atom is 0.239 e. The van der Waals surface area contributed by atoms with Crippen molar-refractivity contribution in [1.29, 1.82) is 0 Å². The Balaban J connectivity index is 0.00000312. The highest BCUT2D eigenvalue weighted by atomic mass is 127. The molecule has 2 N–H and O–H groups in total. The van der Waals surface area contributed by atoms with Crippen molar-refractivity contribution in [3.05, 3.63) is 59.8 Å². The van der Waals surface area contributed by atoms with Crippen molar-refractivity contribution in [3.63, 3.8) is 0 Å². The molecule has 0 radical (unpaired) electrons. The lowest BCUT2D eigenvalue weighted by atomic mass is 10.2. The van der Waals surface area contributed by atoms with Gasteiger partial charge >= 0.3 is 0 Å². The van der Waals surface area contributed by atoms with E-state index in [0.717, 1.165) is 5.56 Å². The number of carbonyl (C=O) groups is 1. The Bertz CT molecular complexity index is 674. The molecule has 1 aromatic carbocycles. The van der Waals surface area contributed by atoms with Crippen LogP contribution in [0.4, 0.5) is 4.39 Å². The molecule has 0 aliphatic rings. The van der Waals surface area contributed by atoms with Gasteiger partial charge in [-0.05, 0) is 29.8 Å². The zero-order chi connectivity index (χ0) is 17.4. The van der Waals surface area contributed by atoms with Crippen LogP contribution >= 0.6 is 24.0 Å². The lowest BCUT2D eigenvalue weighted by Gasteiger charge is -2.22. The van der Waals surface area contributed by atoms with E-state index in [4.69, 9.17) is 4.42 Å². The van der Waals surface area contributed by atoms with Crippen LogP contribution in [-0.4, -0.2) is 37.4 Å². The van der Waals surface area contributed by atoms with Gasteiger partial charge in [-0.3, -0.25) is 9.79 Å². The smallest absolute Gasteiger partial charge is 0.239 e. The van der Waals surface area contributed by atoms with Crippen LogP contribution in [0.1, 0.15) is 11.3 Å². The van der Waals surface area contributed by atoms with Crippen molar-refractivity contribution in [1.82, 2.24) is 15.5 Å². The number of aliphatic imine (C=N–C) groups is 1. The fourth-order valence-electron chi connectivity index (χ4n) is 2.14. The molecular weight excluding hydrogens is 438 g/mol. The van der Waals surface area contributed by atoms with Crippen molar-refractivity contribution >= 4 is 35.8 Å². The van der Waals surface area contributed by atoms with Crippen LogP contribution in [0, 0.1) is 5.82 Å². The molecule has 6 nitrogen and oxygen atoms in total. The highest BCUT2D eigenvalue weighted by Gasteiger charge is 2.09. The number of nitrogens with one attached hydrogen (secondary N) is 2. The third-order valence-electron chi connectivity index (χ3n) is 3.35. The van der Waals surface area contributed by atoms with Crippen LogP contribution in [0.3, 0.4) is 0 Å². The first kappa shape index (κ1) is 20.9. The van der Waals surface area contributed by atoms with Gasteiger partial charge < -0.3 is 20.0 Å². The predicted octanol–water partition coefficient (Wildman–Crippen LogP) is 2.36. The van der Waals surface area contributed by atoms with Gasteiger partial charge in [-0.1, -0.05) is 12.1 Å². The van der Waals surface area contributed by atoms with Crippen molar-refractivity contribution in [2.75, 3.05) is 20.6 Å². The van der Waals surface area contributed by atoms with Crippen molar-refractivity contribution in [3.8, 4) is 0 Å². The Morgan fingerprint density at radius 2 is 1.96 bits per heavy atom. The maximum absolute atomic E-state index is 12.9. The molecule has 0 saturated heterocycles. The molecule has 8 heteroatoms. The molecule has 0 saturated carbocycles. The third-order valence-corrected chi connectivity index (χ3v) is 3.35. The monoisotopic (exact) mass is 460 g/mol. The van der Waals surface area contributed by atoms with Crippen LogP contribution in [0.2, 0.25) is 0 Å². The van der Waals surface area contributed by atoms with Gasteiger partial charge in [0.15, 0.2) is 5.96 Å². The molecule has 136 valence electrons. The standard InChI is InChI=1S/C17H21FN4O2.HI/c1-19-17(22(2)12-13-5-7-14(18)8-6-13)21-11-16(23)20-10-15-4-3-9-24-15;/h3-9H,10-12H2,1-2H3,(H,19,21)(H,20,23);1H. The van der Waals surface area contributed by atoms with Gasteiger partial charge in [-0.25, -0.2) is 4.39 Å². The van der Waals surface area contributed by atoms with Crippen LogP contribution in [0.15, 0.2) is 52.1 Å². The Hall–Kier alpha value is -2.10. The van der Waals surface area contributed by atoms with Crippen LogP contribution in [0.25, 0.3) is 0 Å². The quantitative estimate of drug-likeness (QED) is 0.395. The van der Waals surface area contributed by atoms with Crippen molar-refractivity contribution < 1.29 is 13.6 Å². The van der Waals surface area contributed by atoms with E-state index in [0.29, 0.717) is 24.8 Å². The van der Waals surface area contributed by atoms with E-state index in [2.05, 4.69) is 15.6 Å². The summed E-state index contributed by atoms with van der Waals surface area (Å²) in [7, 11) is 3.49. The number of benzene rings is 1. The molecule has 0 bridgehead atoms. The van der Waals surface area contributed by atoms with Crippen molar-refractivity contribution in [2.45, 2.75) is 13.1 Å². The number of guanidine groups is 1. The van der Waals surface area contributed by atoms with E-state index < -0.39 is 0 Å². The molecule has 0 aliphatic heterocycles. The number of nitrogens with zero attached hydrogens (tertiary/aromatic N) is 2. The molecule has 0 atom stereocenters. The highest BCUT2D eigenvalue weighted by Crippen LogP contribution is 2.05. The first-order valence-electron chi connectivity index (χ1n) is 7.54. The minimum absolute atomic E-state index is 0. The van der Waals surface area contributed by atoms with Crippen LogP contribution in [0.5, 0.6) is 0 Å². The van der Waals surface area contributed by atoms with Gasteiger partial charge in [0, 0.05) is 20.6 Å². The third kappa shape index (κ3) is 7.12. The molecule has 25 heavy (non-hydrogen) atoms. The fourth-order valence-corrected chi connectivity index (χ4v) is 2.14. The average Bonchev–Trinajstić information content (AvgIpc) is 3.09. The first-order valence-corrected chi connectivity index (χ1v) is 7.54. The molecule has 1 amide bonds. The van der Waals surface area contributed by atoms with E-state index in [1.807, 2.05) is 11.9 Å². The summed E-state index contributed by atoms with van der Waals surface area (Å²) < 4.78 is 18.1. The van der Waals surface area contributed by atoms with Gasteiger partial charge in [0.2, 0.25) is 5.91 Å². The number of amides is 1. The van der Waals surface area contributed by atoms with E-state index in [1.54, 1.807) is 37.6 Å². The van der Waals surface area contributed by atoms with E-state index in [-0.39, 0.29) is 42.2 Å². The summed E-state index contributed by atoms with van der Waals surface area (Å²) in [4.78, 5) is 17.8. The Morgan fingerprint density at radius 1 is 1.24 bits per heavy atom. The number of hydrogen-bond donors (Lipinski definition) is 2. The van der Waals surface area contributed by atoms with Gasteiger partial charge in [0.25, 0.3) is 0 Å². The molecule has 1 aromatic heterocycles. The Morgan fingerprint density at radius 3 is 2.56 bits per heavy atom. The van der Waals surface area contributed by atoms with Gasteiger partial charge in [0.1, 0.15) is 11.6 Å². The summed E-state index contributed by atoms with van der Waals surface area (Å²) in [6.45, 7) is 0.993. The summed E-state index contributed by atoms with van der Waals surface area (Å²) in [5.41, 5.74) is 0.948. The average molecular weight is 460 g/mol. The lowest BCUT2D eigenvalue weighted by Crippen LogP contribution is -2.43. The molecule has 0 unspecified atom stereocenters. The molecule has 1 heterocycles. The summed E-state index contributed by atoms with van der Waals surface area (Å²) in [6.07, 6.45) is 1.56. The second kappa shape index (κ2) is 10.7. The van der Waals surface area contributed by atoms with Crippen LogP contribution < -0.4 is 10.6 Å². The number of hydrogen-bond acceptors (Lipinski definition) is 3. The van der Waals surface area contributed by atoms with Gasteiger partial charge in [-0.2, -0.15) is 0 Å². The molecule has 2 aromatic rings. The number of rotatable bonds is 6. The van der Waals surface area contributed by atoms with E-state index in [1.165, 1.54) is 12.1 Å². The second-order valence-corrected chi connectivity index (χ2v) is 5.24. The second-order valence-electron chi connectivity index (χ2n) is 5.24. The molecule has 0 fully saturated rings. The normalized spacial score (nSPS) is 10.8. The van der Waals surface area contributed by atoms with Crippen molar-refractivity contribution in [2.24, 2.45) is 4.99 Å². The SMILES string of the molecule is CN=C(NCC(=O)NCc1ccco1)N(C)Cc1ccc(F)cc1.I. The number of furan rings is 1. The predicted molar refractivity (Wildman–Crippen MR) is 105 cm³/mol. The maximum atomic E-state index is 12.9. The van der Waals surface area contributed by atoms with E-state index >= 15 is 0 Å². The molecular formula is C17H22FIN4O2. The molecule has 2 rings (SSSR count). The molecule has 0 aliphatic carbocycles. The van der Waals surface area contributed by atoms with Gasteiger partial charge in [0.05, 0.1) is 19.4 Å². The topological polar surface area (TPSA) is 69.9 Å². The van der Waals surface area contributed by atoms with Crippen LogP contribution in [-0.2, 0) is 17.9 Å². The minimum Gasteiger partial charge on any atom is -0.467 e. The first-order chi connectivity index (χ1) is 11.6. The summed E-state index contributed by atoms with van der Waals surface area (Å²) in [5.74, 6) is 0.841. The molecule has 0 spiro atoms. The summed E-state index contributed by atoms with van der Waals surface area (Å²) in [6, 6.07) is 9.84. The number of carbonyl (C=O) groups excluding carboxylic acids is 1. The van der Waals surface area contributed by atoms with E-state index in [9.17, 15) is 9.18 Å². The lowest BCUT2D eigenvalue weighted by molar-refractivity contribution is -0.120. The Kier molecular flexibility index (Phi) is 8.96.